The van der Waals surface area contributed by atoms with Crippen molar-refractivity contribution in [2.24, 2.45) is 5.92 Å². The van der Waals surface area contributed by atoms with Crippen molar-refractivity contribution in [3.63, 3.8) is 0 Å². The number of hydrogen-bond donors (Lipinski definition) is 1. The van der Waals surface area contributed by atoms with Crippen LogP contribution in [0.2, 0.25) is 0 Å². The van der Waals surface area contributed by atoms with Crippen molar-refractivity contribution < 1.29 is 4.79 Å². The zero-order valence-electron chi connectivity index (χ0n) is 10.3. The van der Waals surface area contributed by atoms with E-state index in [9.17, 15) is 4.79 Å². The Balaban J connectivity index is 1.97. The summed E-state index contributed by atoms with van der Waals surface area (Å²) in [6.45, 7) is 2.12. The lowest BCUT2D eigenvalue weighted by atomic mass is 9.80. The molecule has 90 valence electrons. The van der Waals surface area contributed by atoms with Gasteiger partial charge in [0.15, 0.2) is 0 Å². The van der Waals surface area contributed by atoms with E-state index in [4.69, 9.17) is 0 Å². The molecule has 2 heteroatoms. The lowest BCUT2D eigenvalue weighted by molar-refractivity contribution is 0.0940. The van der Waals surface area contributed by atoms with Crippen molar-refractivity contribution in [2.75, 3.05) is 0 Å². The zero-order valence-corrected chi connectivity index (χ0v) is 10.3. The maximum atomic E-state index is 12.0. The van der Waals surface area contributed by atoms with Crippen LogP contribution in [0.4, 0.5) is 0 Å². The molecule has 1 aliphatic heterocycles. The van der Waals surface area contributed by atoms with Gasteiger partial charge in [-0.15, -0.1) is 0 Å². The third kappa shape index (κ3) is 1.76. The second-order valence-corrected chi connectivity index (χ2v) is 5.39. The van der Waals surface area contributed by atoms with E-state index < -0.39 is 0 Å². The molecule has 17 heavy (non-hydrogen) atoms. The predicted octanol–water partition coefficient (Wildman–Crippen LogP) is 3.36. The molecule has 2 aliphatic rings. The van der Waals surface area contributed by atoms with E-state index in [2.05, 4.69) is 18.3 Å². The van der Waals surface area contributed by atoms with Crippen LogP contribution >= 0.6 is 0 Å². The molecule has 1 heterocycles. The molecular formula is C15H19NO. The number of benzene rings is 1. The molecule has 1 atom stereocenters. The molecule has 0 spiro atoms. The van der Waals surface area contributed by atoms with Crippen molar-refractivity contribution >= 4 is 5.91 Å². The van der Waals surface area contributed by atoms with E-state index in [0.717, 1.165) is 5.56 Å². The van der Waals surface area contributed by atoms with Gasteiger partial charge in [0.1, 0.15) is 0 Å². The lowest BCUT2D eigenvalue weighted by Gasteiger charge is -2.28. The summed E-state index contributed by atoms with van der Waals surface area (Å²) in [6.07, 6.45) is 6.52. The minimum atomic E-state index is 0.124. The Bertz CT molecular complexity index is 446. The number of hydrogen-bond acceptors (Lipinski definition) is 1. The Labute approximate surface area is 102 Å². The Kier molecular flexibility index (Phi) is 2.65. The number of rotatable bonds is 1. The first-order valence-corrected chi connectivity index (χ1v) is 6.68. The van der Waals surface area contributed by atoms with E-state index in [1.807, 2.05) is 12.1 Å². The van der Waals surface area contributed by atoms with Crippen molar-refractivity contribution in [3.8, 4) is 0 Å². The van der Waals surface area contributed by atoms with Gasteiger partial charge in [0.2, 0.25) is 0 Å². The van der Waals surface area contributed by atoms with Gasteiger partial charge in [-0.05, 0) is 42.9 Å². The molecule has 1 aliphatic carbocycles. The lowest BCUT2D eigenvalue weighted by Crippen LogP contribution is -2.27. The summed E-state index contributed by atoms with van der Waals surface area (Å²) in [4.78, 5) is 12.0. The quantitative estimate of drug-likeness (QED) is 0.786. The van der Waals surface area contributed by atoms with Crippen LogP contribution in [0.3, 0.4) is 0 Å². The van der Waals surface area contributed by atoms with Gasteiger partial charge in [-0.1, -0.05) is 31.4 Å². The van der Waals surface area contributed by atoms with Crippen molar-refractivity contribution in [1.29, 1.82) is 0 Å². The summed E-state index contributed by atoms with van der Waals surface area (Å²) in [6, 6.07) is 6.34. The highest BCUT2D eigenvalue weighted by molar-refractivity contribution is 5.99. The fourth-order valence-electron chi connectivity index (χ4n) is 3.40. The molecule has 3 rings (SSSR count). The second-order valence-electron chi connectivity index (χ2n) is 5.39. The van der Waals surface area contributed by atoms with Crippen LogP contribution in [0, 0.1) is 12.8 Å². The zero-order chi connectivity index (χ0) is 11.8. The molecular weight excluding hydrogens is 210 g/mol. The highest BCUT2D eigenvalue weighted by atomic mass is 16.2. The Hall–Kier alpha value is -1.31. The van der Waals surface area contributed by atoms with Crippen molar-refractivity contribution in [2.45, 2.75) is 45.1 Å². The van der Waals surface area contributed by atoms with Crippen LogP contribution in [0.15, 0.2) is 18.2 Å². The minimum Gasteiger partial charge on any atom is -0.345 e. The molecule has 2 nitrogen and oxygen atoms in total. The molecule has 0 bridgehead atoms. The van der Waals surface area contributed by atoms with Gasteiger partial charge in [-0.3, -0.25) is 4.79 Å². The average molecular weight is 229 g/mol. The minimum absolute atomic E-state index is 0.124. The maximum absolute atomic E-state index is 12.0. The summed E-state index contributed by atoms with van der Waals surface area (Å²) in [5.74, 6) is 0.773. The maximum Gasteiger partial charge on any atom is 0.252 e. The van der Waals surface area contributed by atoms with Gasteiger partial charge < -0.3 is 5.32 Å². The molecule has 1 aromatic rings. The largest absolute Gasteiger partial charge is 0.345 e. The molecule has 1 unspecified atom stereocenters. The Morgan fingerprint density at radius 2 is 1.94 bits per heavy atom. The molecule has 1 N–H and O–H groups in total. The number of aryl methyl sites for hydroxylation is 1. The van der Waals surface area contributed by atoms with Crippen LogP contribution in [-0.4, -0.2) is 5.91 Å². The van der Waals surface area contributed by atoms with E-state index in [1.54, 1.807) is 0 Å². The SMILES string of the molecule is Cc1cccc2c1C(C1CCCCC1)NC2=O. The number of carbonyl (C=O) groups excluding carboxylic acids is 1. The molecule has 0 saturated heterocycles. The van der Waals surface area contributed by atoms with Crippen molar-refractivity contribution in [1.82, 2.24) is 5.32 Å². The summed E-state index contributed by atoms with van der Waals surface area (Å²) in [5, 5.41) is 3.19. The molecule has 1 saturated carbocycles. The fourth-order valence-corrected chi connectivity index (χ4v) is 3.40. The van der Waals surface area contributed by atoms with Crippen LogP contribution in [-0.2, 0) is 0 Å². The second kappa shape index (κ2) is 4.17. The Morgan fingerprint density at radius 1 is 1.18 bits per heavy atom. The monoisotopic (exact) mass is 229 g/mol. The topological polar surface area (TPSA) is 29.1 Å². The van der Waals surface area contributed by atoms with Gasteiger partial charge in [0, 0.05) is 5.56 Å². The van der Waals surface area contributed by atoms with E-state index in [1.165, 1.54) is 43.2 Å². The summed E-state index contributed by atoms with van der Waals surface area (Å²) >= 11 is 0. The molecule has 1 aromatic carbocycles. The molecule has 0 aromatic heterocycles. The first kappa shape index (κ1) is 10.8. The van der Waals surface area contributed by atoms with E-state index >= 15 is 0 Å². The molecule has 1 amide bonds. The van der Waals surface area contributed by atoms with Gasteiger partial charge in [0.25, 0.3) is 5.91 Å². The number of amides is 1. The standard InChI is InChI=1S/C15H19NO/c1-10-6-5-9-12-13(10)14(16-15(12)17)11-7-3-2-4-8-11/h5-6,9,11,14H,2-4,7-8H2,1H3,(H,16,17). The Morgan fingerprint density at radius 3 is 2.71 bits per heavy atom. The number of carbonyl (C=O) groups is 1. The third-order valence-electron chi connectivity index (χ3n) is 4.29. The van der Waals surface area contributed by atoms with Crippen LogP contribution in [0.5, 0.6) is 0 Å². The van der Waals surface area contributed by atoms with Crippen LogP contribution in [0.25, 0.3) is 0 Å². The van der Waals surface area contributed by atoms with Gasteiger partial charge in [-0.25, -0.2) is 0 Å². The van der Waals surface area contributed by atoms with Crippen LogP contribution in [0.1, 0.15) is 59.6 Å². The normalized spacial score (nSPS) is 24.5. The smallest absolute Gasteiger partial charge is 0.252 e. The summed E-state index contributed by atoms with van der Waals surface area (Å²) in [7, 11) is 0. The molecule has 0 radical (unpaired) electrons. The first-order chi connectivity index (χ1) is 8.27. The number of fused-ring (bicyclic) bond motifs is 1. The van der Waals surface area contributed by atoms with Gasteiger partial charge in [-0.2, -0.15) is 0 Å². The highest BCUT2D eigenvalue weighted by Crippen LogP contribution is 2.40. The summed E-state index contributed by atoms with van der Waals surface area (Å²) in [5.41, 5.74) is 3.43. The highest BCUT2D eigenvalue weighted by Gasteiger charge is 2.35. The third-order valence-corrected chi connectivity index (χ3v) is 4.29. The molecule has 1 fully saturated rings. The predicted molar refractivity (Wildman–Crippen MR) is 68.0 cm³/mol. The van der Waals surface area contributed by atoms with E-state index in [0.29, 0.717) is 5.92 Å². The van der Waals surface area contributed by atoms with Gasteiger partial charge in [0.05, 0.1) is 6.04 Å². The first-order valence-electron chi connectivity index (χ1n) is 6.68. The van der Waals surface area contributed by atoms with Gasteiger partial charge >= 0.3 is 0 Å². The number of nitrogens with one attached hydrogen (secondary N) is 1. The van der Waals surface area contributed by atoms with E-state index in [-0.39, 0.29) is 11.9 Å². The average Bonchev–Trinajstić information content (AvgIpc) is 2.70. The van der Waals surface area contributed by atoms with Crippen molar-refractivity contribution in [3.05, 3.63) is 34.9 Å². The summed E-state index contributed by atoms with van der Waals surface area (Å²) < 4.78 is 0. The fraction of sp³-hybridized carbons (Fsp3) is 0.533. The van der Waals surface area contributed by atoms with Crippen LogP contribution < -0.4 is 5.32 Å².